The highest BCUT2D eigenvalue weighted by atomic mass is 15.0. The van der Waals surface area contributed by atoms with E-state index in [1.54, 1.807) is 12.4 Å². The first-order valence-corrected chi connectivity index (χ1v) is 6.74. The maximum Gasteiger partial charge on any atom is 0.0736 e. The average Bonchev–Trinajstić information content (AvgIpc) is 2.16. The van der Waals surface area contributed by atoms with Gasteiger partial charge in [0.15, 0.2) is 0 Å². The summed E-state index contributed by atoms with van der Waals surface area (Å²) in [5.74, 6) is 0. The highest BCUT2D eigenvalue weighted by Crippen LogP contribution is 2.46. The van der Waals surface area contributed by atoms with E-state index in [-0.39, 0.29) is 0 Å². The van der Waals surface area contributed by atoms with E-state index in [0.29, 0.717) is 16.9 Å². The van der Waals surface area contributed by atoms with Crippen molar-refractivity contribution in [1.29, 1.82) is 0 Å². The zero-order chi connectivity index (χ0) is 13.4. The Balaban J connectivity index is 2.12. The van der Waals surface area contributed by atoms with Gasteiger partial charge in [0.05, 0.1) is 17.6 Å². The third-order valence-corrected chi connectivity index (χ3v) is 3.77. The van der Waals surface area contributed by atoms with Gasteiger partial charge in [0.25, 0.3) is 0 Å². The second-order valence-electron chi connectivity index (χ2n) is 7.22. The molecule has 1 aliphatic carbocycles. The Hall–Kier alpha value is -1.25. The summed E-state index contributed by atoms with van der Waals surface area (Å²) in [6.07, 6.45) is 7.17. The number of nitrogen functional groups attached to an aromatic ring is 1. The molecule has 0 atom stereocenters. The van der Waals surface area contributed by atoms with Gasteiger partial charge in [0, 0.05) is 12.2 Å². The van der Waals surface area contributed by atoms with Gasteiger partial charge < -0.3 is 11.1 Å². The first-order valence-electron chi connectivity index (χ1n) is 6.74. The molecule has 0 amide bonds. The molecule has 3 N–H and O–H groups in total. The van der Waals surface area contributed by atoms with Gasteiger partial charge in [0.1, 0.15) is 0 Å². The van der Waals surface area contributed by atoms with Gasteiger partial charge in [-0.15, -0.1) is 0 Å². The molecule has 1 heterocycles. The molecule has 0 spiro atoms. The third-order valence-electron chi connectivity index (χ3n) is 3.77. The minimum absolute atomic E-state index is 0.390. The number of nitrogens with two attached hydrogens (primary N) is 1. The van der Waals surface area contributed by atoms with Crippen molar-refractivity contribution in [2.45, 2.75) is 53.0 Å². The van der Waals surface area contributed by atoms with Gasteiger partial charge >= 0.3 is 0 Å². The number of pyridine rings is 1. The highest BCUT2D eigenvalue weighted by molar-refractivity contribution is 5.64. The van der Waals surface area contributed by atoms with Gasteiger partial charge in [-0.05, 0) is 36.2 Å². The average molecular weight is 247 g/mol. The highest BCUT2D eigenvalue weighted by Gasteiger charge is 2.38. The molecular formula is C15H25N3. The van der Waals surface area contributed by atoms with Crippen LogP contribution < -0.4 is 11.1 Å². The largest absolute Gasteiger partial charge is 0.396 e. The third kappa shape index (κ3) is 3.15. The summed E-state index contributed by atoms with van der Waals surface area (Å²) >= 11 is 0. The monoisotopic (exact) mass is 247 g/mol. The van der Waals surface area contributed by atoms with Crippen LogP contribution in [0.1, 0.15) is 47.0 Å². The molecule has 2 rings (SSSR count). The molecule has 3 heteroatoms. The molecule has 3 nitrogen and oxygen atoms in total. The molecule has 1 aromatic heterocycles. The standard InChI is InChI=1S/C15H25N3/c1-14(2)7-11(8-15(3,4)10-14)18-13-5-6-17-9-12(13)16/h5-6,9,11H,7-8,10,16H2,1-4H3,(H,17,18). The number of hydrogen-bond acceptors (Lipinski definition) is 3. The molecule has 18 heavy (non-hydrogen) atoms. The van der Waals surface area contributed by atoms with E-state index in [2.05, 4.69) is 38.0 Å². The van der Waals surface area contributed by atoms with Gasteiger partial charge in [-0.1, -0.05) is 27.7 Å². The van der Waals surface area contributed by atoms with Crippen LogP contribution in [-0.2, 0) is 0 Å². The molecule has 0 unspecified atom stereocenters. The lowest BCUT2D eigenvalue weighted by Crippen LogP contribution is -2.40. The Kier molecular flexibility index (Phi) is 3.26. The number of nitrogens with one attached hydrogen (secondary N) is 1. The van der Waals surface area contributed by atoms with E-state index in [9.17, 15) is 0 Å². The molecule has 1 aromatic rings. The van der Waals surface area contributed by atoms with Gasteiger partial charge in [-0.3, -0.25) is 4.98 Å². The number of aromatic nitrogens is 1. The summed E-state index contributed by atoms with van der Waals surface area (Å²) in [5.41, 5.74) is 8.48. The van der Waals surface area contributed by atoms with Crippen LogP contribution in [0.2, 0.25) is 0 Å². The lowest BCUT2D eigenvalue weighted by molar-refractivity contribution is 0.105. The van der Waals surface area contributed by atoms with Crippen molar-refractivity contribution in [3.05, 3.63) is 18.5 Å². The normalized spacial score (nSPS) is 22.7. The van der Waals surface area contributed by atoms with Crippen LogP contribution in [0.5, 0.6) is 0 Å². The van der Waals surface area contributed by atoms with Crippen molar-refractivity contribution < 1.29 is 0 Å². The van der Waals surface area contributed by atoms with Crippen molar-refractivity contribution in [1.82, 2.24) is 4.98 Å². The molecule has 1 aliphatic rings. The fraction of sp³-hybridized carbons (Fsp3) is 0.667. The van der Waals surface area contributed by atoms with E-state index >= 15 is 0 Å². The Morgan fingerprint density at radius 1 is 1.22 bits per heavy atom. The van der Waals surface area contributed by atoms with E-state index in [1.165, 1.54) is 19.3 Å². The second kappa shape index (κ2) is 4.45. The Bertz CT molecular complexity index is 408. The van der Waals surface area contributed by atoms with Crippen LogP contribution in [0.15, 0.2) is 18.5 Å². The van der Waals surface area contributed by atoms with Crippen LogP contribution in [-0.4, -0.2) is 11.0 Å². The molecule has 100 valence electrons. The molecule has 0 bridgehead atoms. The molecular weight excluding hydrogens is 222 g/mol. The lowest BCUT2D eigenvalue weighted by atomic mass is 9.63. The van der Waals surface area contributed by atoms with Crippen LogP contribution in [0.3, 0.4) is 0 Å². The maximum atomic E-state index is 5.95. The van der Waals surface area contributed by atoms with Crippen LogP contribution in [0, 0.1) is 10.8 Å². The van der Waals surface area contributed by atoms with Gasteiger partial charge in [0.2, 0.25) is 0 Å². The molecule has 1 saturated carbocycles. The minimum Gasteiger partial charge on any atom is -0.396 e. The van der Waals surface area contributed by atoms with Gasteiger partial charge in [-0.25, -0.2) is 0 Å². The van der Waals surface area contributed by atoms with Crippen molar-refractivity contribution >= 4 is 11.4 Å². The van der Waals surface area contributed by atoms with Gasteiger partial charge in [-0.2, -0.15) is 0 Å². The van der Waals surface area contributed by atoms with Crippen molar-refractivity contribution in [3.8, 4) is 0 Å². The predicted octanol–water partition coefficient (Wildman–Crippen LogP) is 3.68. The molecule has 0 aromatic carbocycles. The Morgan fingerprint density at radius 2 is 1.83 bits per heavy atom. The topological polar surface area (TPSA) is 50.9 Å². The predicted molar refractivity (Wildman–Crippen MR) is 77.5 cm³/mol. The van der Waals surface area contributed by atoms with Crippen LogP contribution in [0.4, 0.5) is 11.4 Å². The lowest BCUT2D eigenvalue weighted by Gasteiger charge is -2.45. The zero-order valence-corrected chi connectivity index (χ0v) is 12.0. The maximum absolute atomic E-state index is 5.95. The van der Waals surface area contributed by atoms with Crippen molar-refractivity contribution in [2.75, 3.05) is 11.1 Å². The number of hydrogen-bond donors (Lipinski definition) is 2. The summed E-state index contributed by atoms with van der Waals surface area (Å²) < 4.78 is 0. The Labute approximate surface area is 110 Å². The summed E-state index contributed by atoms with van der Waals surface area (Å²) in [6.45, 7) is 9.44. The first-order chi connectivity index (χ1) is 8.27. The smallest absolute Gasteiger partial charge is 0.0736 e. The fourth-order valence-corrected chi connectivity index (χ4v) is 3.71. The van der Waals surface area contributed by atoms with E-state index in [4.69, 9.17) is 5.73 Å². The fourth-order valence-electron chi connectivity index (χ4n) is 3.71. The first kappa shape index (κ1) is 13.2. The molecule has 0 radical (unpaired) electrons. The Morgan fingerprint density at radius 3 is 2.39 bits per heavy atom. The minimum atomic E-state index is 0.390. The second-order valence-corrected chi connectivity index (χ2v) is 7.22. The van der Waals surface area contributed by atoms with E-state index < -0.39 is 0 Å². The SMILES string of the molecule is CC1(C)CC(Nc2ccncc2N)CC(C)(C)C1. The molecule has 1 fully saturated rings. The summed E-state index contributed by atoms with van der Waals surface area (Å²) in [5, 5.41) is 3.60. The van der Waals surface area contributed by atoms with E-state index in [1.807, 2.05) is 6.07 Å². The quantitative estimate of drug-likeness (QED) is 0.838. The zero-order valence-electron chi connectivity index (χ0n) is 12.0. The van der Waals surface area contributed by atoms with E-state index in [0.717, 1.165) is 11.4 Å². The summed E-state index contributed by atoms with van der Waals surface area (Å²) in [6, 6.07) is 2.46. The number of nitrogens with zero attached hydrogens (tertiary/aromatic N) is 1. The van der Waals surface area contributed by atoms with Crippen LogP contribution in [0.25, 0.3) is 0 Å². The number of anilines is 2. The van der Waals surface area contributed by atoms with Crippen molar-refractivity contribution in [3.63, 3.8) is 0 Å². The number of rotatable bonds is 2. The molecule has 0 saturated heterocycles. The molecule has 0 aliphatic heterocycles. The summed E-state index contributed by atoms with van der Waals surface area (Å²) in [7, 11) is 0. The van der Waals surface area contributed by atoms with Crippen LogP contribution >= 0.6 is 0 Å². The van der Waals surface area contributed by atoms with Crippen molar-refractivity contribution in [2.24, 2.45) is 10.8 Å². The summed E-state index contributed by atoms with van der Waals surface area (Å²) in [4.78, 5) is 4.03.